The van der Waals surface area contributed by atoms with Gasteiger partial charge in [0.15, 0.2) is 0 Å². The maximum Gasteiger partial charge on any atom is 0.144 e. The van der Waals surface area contributed by atoms with Crippen LogP contribution in [-0.2, 0) is 6.37 Å². The predicted molar refractivity (Wildman–Crippen MR) is 130 cm³/mol. The monoisotopic (exact) mass is 412 g/mol. The van der Waals surface area contributed by atoms with Gasteiger partial charge in [-0.1, -0.05) is 75.3 Å². The van der Waals surface area contributed by atoms with Gasteiger partial charge < -0.3 is 4.42 Å². The molecule has 0 atom stereocenters. The highest BCUT2D eigenvalue weighted by atomic mass is 16.3. The Morgan fingerprint density at radius 1 is 0.968 bits per heavy atom. The number of benzene rings is 3. The van der Waals surface area contributed by atoms with Crippen LogP contribution in [0.3, 0.4) is 0 Å². The molecule has 3 aromatic carbocycles. The van der Waals surface area contributed by atoms with Gasteiger partial charge in [0.05, 0.1) is 8.44 Å². The quantitative estimate of drug-likeness (QED) is 0.298. The molecule has 0 saturated heterocycles. The first-order valence-electron chi connectivity index (χ1n) is 13.7. The van der Waals surface area contributed by atoms with E-state index in [9.17, 15) is 0 Å². The van der Waals surface area contributed by atoms with Gasteiger partial charge in [0.25, 0.3) is 0 Å². The maximum atomic E-state index is 8.75. The number of fused-ring (bicyclic) bond motifs is 3. The van der Waals surface area contributed by atoms with E-state index in [0.29, 0.717) is 16.8 Å². The summed E-state index contributed by atoms with van der Waals surface area (Å²) >= 11 is 0. The highest BCUT2D eigenvalue weighted by Crippen LogP contribution is 2.36. The van der Waals surface area contributed by atoms with Gasteiger partial charge >= 0.3 is 0 Å². The average Bonchev–Trinajstić information content (AvgIpc) is 3.21. The Morgan fingerprint density at radius 3 is 2.52 bits per heavy atom. The lowest BCUT2D eigenvalue weighted by Gasteiger charge is -2.18. The van der Waals surface area contributed by atoms with Gasteiger partial charge in [0, 0.05) is 29.4 Å². The van der Waals surface area contributed by atoms with Crippen LogP contribution in [0.5, 0.6) is 0 Å². The van der Waals surface area contributed by atoms with Gasteiger partial charge in [-0.05, 0) is 59.1 Å². The fraction of sp³-hybridized carbons (Fsp3) is 0.207. The standard InChI is InChI=1S/C29H27NO/c1-19-18-30-26(16-25(19)21-14-12-20(13-15-21)17-29(2,3)4)24-10-7-9-23-22-8-5-6-11-27(22)31-28(23)24/h5-16,18H,17H2,1-4H3/i1D3,14D,15D,17D2. The van der Waals surface area contributed by atoms with Gasteiger partial charge in [-0.25, -0.2) is 0 Å². The molecule has 0 unspecified atom stereocenters. The Hall–Kier alpha value is -3.39. The van der Waals surface area contributed by atoms with Gasteiger partial charge in [0.2, 0.25) is 0 Å². The minimum absolute atomic E-state index is 0.0772. The van der Waals surface area contributed by atoms with Crippen LogP contribution in [0, 0.1) is 12.3 Å². The van der Waals surface area contributed by atoms with Crippen LogP contribution in [0.15, 0.2) is 83.4 Å². The van der Waals surface area contributed by atoms with Crippen molar-refractivity contribution in [3.05, 3.63) is 90.1 Å². The van der Waals surface area contributed by atoms with Crippen molar-refractivity contribution in [2.24, 2.45) is 5.41 Å². The fourth-order valence-corrected chi connectivity index (χ4v) is 3.80. The molecule has 0 spiro atoms. The number of hydrogen-bond donors (Lipinski definition) is 0. The van der Waals surface area contributed by atoms with Gasteiger partial charge in [-0.3, -0.25) is 4.98 Å². The third-order valence-electron chi connectivity index (χ3n) is 5.12. The van der Waals surface area contributed by atoms with E-state index in [1.807, 2.05) is 42.5 Å². The van der Waals surface area contributed by atoms with Crippen molar-refractivity contribution in [2.45, 2.75) is 34.0 Å². The Morgan fingerprint density at radius 2 is 1.74 bits per heavy atom. The Kier molecular flexibility index (Phi) is 3.12. The zero-order valence-electron chi connectivity index (χ0n) is 24.7. The number of para-hydroxylation sites is 2. The van der Waals surface area contributed by atoms with E-state index in [4.69, 9.17) is 14.0 Å². The lowest BCUT2D eigenvalue weighted by atomic mass is 9.87. The third kappa shape index (κ3) is 3.74. The molecule has 5 aromatic rings. The second-order valence-electron chi connectivity index (χ2n) is 8.68. The van der Waals surface area contributed by atoms with E-state index in [1.165, 1.54) is 18.3 Å². The summed E-state index contributed by atoms with van der Waals surface area (Å²) in [6.07, 6.45) is -0.523. The molecule has 0 aliphatic rings. The van der Waals surface area contributed by atoms with Crippen molar-refractivity contribution in [1.82, 2.24) is 4.98 Å². The van der Waals surface area contributed by atoms with Crippen LogP contribution in [0.2, 0.25) is 0 Å². The molecule has 0 aliphatic heterocycles. The maximum absolute atomic E-state index is 8.75. The third-order valence-corrected chi connectivity index (χ3v) is 5.12. The highest BCUT2D eigenvalue weighted by molar-refractivity contribution is 6.09. The summed E-state index contributed by atoms with van der Waals surface area (Å²) in [6, 6.07) is 17.5. The lowest BCUT2D eigenvalue weighted by molar-refractivity contribution is 0.411. The SMILES string of the molecule is [2H]c1cc(C([2H])([2H])C(C)(C)C)cc([2H])c1-c1cc(-c2cccc3c2oc2ccccc23)ncc1C([2H])([2H])[2H]. The zero-order chi connectivity index (χ0) is 27.6. The molecule has 31 heavy (non-hydrogen) atoms. The number of rotatable bonds is 3. The van der Waals surface area contributed by atoms with Crippen molar-refractivity contribution in [2.75, 3.05) is 0 Å². The molecular formula is C29H27NO. The smallest absolute Gasteiger partial charge is 0.144 e. The number of pyridine rings is 1. The lowest BCUT2D eigenvalue weighted by Crippen LogP contribution is -2.08. The van der Waals surface area contributed by atoms with Crippen molar-refractivity contribution in [3.63, 3.8) is 0 Å². The van der Waals surface area contributed by atoms with E-state index in [1.54, 1.807) is 26.8 Å². The summed E-state index contributed by atoms with van der Waals surface area (Å²) < 4.78 is 65.1. The first-order valence-corrected chi connectivity index (χ1v) is 10.2. The van der Waals surface area contributed by atoms with E-state index >= 15 is 0 Å². The van der Waals surface area contributed by atoms with Crippen molar-refractivity contribution in [3.8, 4) is 22.4 Å². The molecule has 154 valence electrons. The van der Waals surface area contributed by atoms with Crippen LogP contribution in [-0.4, -0.2) is 4.98 Å². The Labute approximate surface area is 193 Å². The number of aryl methyl sites for hydroxylation is 1. The summed E-state index contributed by atoms with van der Waals surface area (Å²) in [4.78, 5) is 4.47. The first-order chi connectivity index (χ1) is 17.7. The first kappa shape index (κ1) is 13.1. The number of aromatic nitrogens is 1. The number of furan rings is 1. The van der Waals surface area contributed by atoms with Crippen LogP contribution in [0.4, 0.5) is 0 Å². The van der Waals surface area contributed by atoms with Crippen LogP contribution in [0.25, 0.3) is 44.3 Å². The minimum atomic E-state index is -2.54. The fourth-order valence-electron chi connectivity index (χ4n) is 3.80. The molecule has 0 amide bonds. The normalized spacial score (nSPS) is 16.2. The molecule has 5 rings (SSSR count). The molecule has 0 fully saturated rings. The summed E-state index contributed by atoms with van der Waals surface area (Å²) in [5, 5.41) is 1.85. The molecule has 0 aliphatic carbocycles. The molecule has 0 saturated carbocycles. The summed E-state index contributed by atoms with van der Waals surface area (Å²) in [5.41, 5.74) is 2.12. The van der Waals surface area contributed by atoms with E-state index in [2.05, 4.69) is 4.98 Å². The van der Waals surface area contributed by atoms with Gasteiger partial charge in [0.1, 0.15) is 11.2 Å². The molecule has 0 radical (unpaired) electrons. The molecule has 0 N–H and O–H groups in total. The number of nitrogens with zero attached hydrogens (tertiary/aromatic N) is 1. The van der Waals surface area contributed by atoms with Crippen LogP contribution in [0.1, 0.15) is 41.5 Å². The van der Waals surface area contributed by atoms with Crippen molar-refractivity contribution >= 4 is 21.9 Å². The van der Waals surface area contributed by atoms with Crippen LogP contribution < -0.4 is 0 Å². The van der Waals surface area contributed by atoms with Crippen molar-refractivity contribution < 1.29 is 14.0 Å². The largest absolute Gasteiger partial charge is 0.455 e. The zero-order valence-corrected chi connectivity index (χ0v) is 17.7. The van der Waals surface area contributed by atoms with Gasteiger partial charge in [-0.15, -0.1) is 0 Å². The Balaban J connectivity index is 1.75. The van der Waals surface area contributed by atoms with Crippen molar-refractivity contribution in [1.29, 1.82) is 0 Å². The van der Waals surface area contributed by atoms with E-state index in [0.717, 1.165) is 16.4 Å². The molecule has 2 nitrogen and oxygen atoms in total. The molecule has 0 bridgehead atoms. The molecule has 2 aromatic heterocycles. The topological polar surface area (TPSA) is 26.0 Å². The summed E-state index contributed by atoms with van der Waals surface area (Å²) in [7, 11) is 0. The summed E-state index contributed by atoms with van der Waals surface area (Å²) in [5.74, 6) is 0. The Bertz CT molecular complexity index is 1670. The minimum Gasteiger partial charge on any atom is -0.455 e. The van der Waals surface area contributed by atoms with Gasteiger partial charge in [-0.2, -0.15) is 0 Å². The second kappa shape index (κ2) is 7.39. The molecular weight excluding hydrogens is 378 g/mol. The molecule has 2 heteroatoms. The van der Waals surface area contributed by atoms with E-state index in [-0.39, 0.29) is 34.3 Å². The summed E-state index contributed by atoms with van der Waals surface area (Å²) in [6.45, 7) is 2.74. The van der Waals surface area contributed by atoms with Crippen LogP contribution >= 0.6 is 0 Å². The van der Waals surface area contributed by atoms with E-state index < -0.39 is 18.6 Å². The predicted octanol–water partition coefficient (Wildman–Crippen LogP) is 8.21. The highest BCUT2D eigenvalue weighted by Gasteiger charge is 2.15. The molecule has 2 heterocycles. The second-order valence-corrected chi connectivity index (χ2v) is 8.68. The number of hydrogen-bond acceptors (Lipinski definition) is 2. The average molecular weight is 413 g/mol.